The van der Waals surface area contributed by atoms with E-state index >= 15 is 0 Å². The van der Waals surface area contributed by atoms with E-state index in [9.17, 15) is 9.59 Å². The third kappa shape index (κ3) is 5.65. The first-order chi connectivity index (χ1) is 23.4. The van der Waals surface area contributed by atoms with Crippen molar-refractivity contribution in [2.45, 2.75) is 23.9 Å². The third-order valence-electron chi connectivity index (χ3n) is 9.32. The molecule has 48 heavy (non-hydrogen) atoms. The summed E-state index contributed by atoms with van der Waals surface area (Å²) in [7, 11) is 0. The molecule has 2 fully saturated rings. The maximum absolute atomic E-state index is 15.0. The smallest absolute Gasteiger partial charge is 0.260 e. The lowest BCUT2D eigenvalue weighted by Gasteiger charge is -2.38. The lowest BCUT2D eigenvalue weighted by Crippen LogP contribution is -2.52. The molecule has 2 aliphatic rings. The molecular formula is C40H38N4O2S2. The second-order valence-corrected chi connectivity index (χ2v) is 12.8. The summed E-state index contributed by atoms with van der Waals surface area (Å²) in [4.78, 5) is 36.9. The minimum Gasteiger partial charge on any atom is -0.328 e. The molecule has 0 bridgehead atoms. The van der Waals surface area contributed by atoms with Crippen molar-refractivity contribution in [2.24, 2.45) is 0 Å². The van der Waals surface area contributed by atoms with Crippen molar-refractivity contribution < 1.29 is 9.59 Å². The molecule has 4 aromatic rings. The van der Waals surface area contributed by atoms with Crippen LogP contribution in [0.5, 0.6) is 0 Å². The Morgan fingerprint density at radius 1 is 0.521 bits per heavy atom. The van der Waals surface area contributed by atoms with E-state index in [0.29, 0.717) is 29.6 Å². The van der Waals surface area contributed by atoms with E-state index < -0.39 is 11.1 Å². The Kier molecular flexibility index (Phi) is 9.66. The highest BCUT2D eigenvalue weighted by atomic mass is 32.1. The zero-order chi connectivity index (χ0) is 33.7. The molecule has 2 amide bonds. The number of rotatable bonds is 13. The van der Waals surface area contributed by atoms with Gasteiger partial charge in [0.15, 0.2) is 21.3 Å². The zero-order valence-corrected chi connectivity index (χ0v) is 28.4. The maximum atomic E-state index is 15.0. The number of amides is 2. The van der Waals surface area contributed by atoms with Gasteiger partial charge >= 0.3 is 0 Å². The van der Waals surface area contributed by atoms with Crippen LogP contribution in [0.15, 0.2) is 147 Å². The number of nitrogens with zero attached hydrogens (tertiary/aromatic N) is 4. The first-order valence-electron chi connectivity index (χ1n) is 16.1. The fraction of sp³-hybridized carbons (Fsp3) is 0.200. The number of benzene rings is 4. The van der Waals surface area contributed by atoms with Crippen molar-refractivity contribution in [1.82, 2.24) is 19.6 Å². The van der Waals surface area contributed by atoms with Crippen molar-refractivity contribution in [2.75, 3.05) is 26.2 Å². The van der Waals surface area contributed by atoms with Crippen LogP contribution in [0.25, 0.3) is 0 Å². The second-order valence-electron chi connectivity index (χ2n) is 12.1. The number of thiocarbonyl (C=S) groups is 2. The fourth-order valence-electron chi connectivity index (χ4n) is 7.12. The van der Waals surface area contributed by atoms with Crippen molar-refractivity contribution in [3.05, 3.63) is 169 Å². The number of carbonyl (C=O) groups excluding carboxylic acids is 2. The second kappa shape index (κ2) is 14.1. The molecule has 1 unspecified atom stereocenters. The fourth-order valence-corrected chi connectivity index (χ4v) is 7.93. The van der Waals surface area contributed by atoms with Gasteiger partial charge in [-0.25, -0.2) is 0 Å². The Morgan fingerprint density at radius 2 is 0.917 bits per heavy atom. The summed E-state index contributed by atoms with van der Waals surface area (Å²) >= 11 is 12.2. The molecule has 2 aliphatic heterocycles. The molecule has 6 rings (SSSR count). The molecule has 2 saturated heterocycles. The first-order valence-corrected chi connectivity index (χ1v) is 16.9. The van der Waals surface area contributed by atoms with Crippen LogP contribution in [-0.4, -0.2) is 67.8 Å². The summed E-state index contributed by atoms with van der Waals surface area (Å²) in [6.45, 7) is 9.09. The molecule has 2 heterocycles. The van der Waals surface area contributed by atoms with Gasteiger partial charge in [0.05, 0.1) is 0 Å². The Morgan fingerprint density at radius 3 is 1.38 bits per heavy atom. The summed E-state index contributed by atoms with van der Waals surface area (Å²) in [5, 5.41) is 0.825. The highest BCUT2D eigenvalue weighted by molar-refractivity contribution is 7.80. The summed E-state index contributed by atoms with van der Waals surface area (Å²) in [6.07, 6.45) is 4.30. The molecule has 2 atom stereocenters. The largest absolute Gasteiger partial charge is 0.328 e. The van der Waals surface area contributed by atoms with E-state index in [1.807, 2.05) is 131 Å². The predicted molar refractivity (Wildman–Crippen MR) is 199 cm³/mol. The van der Waals surface area contributed by atoms with Crippen molar-refractivity contribution in [1.29, 1.82) is 0 Å². The average molecular weight is 671 g/mol. The summed E-state index contributed by atoms with van der Waals surface area (Å²) in [6, 6.07) is 39.6. The van der Waals surface area contributed by atoms with Gasteiger partial charge in [-0.15, -0.1) is 13.2 Å². The van der Waals surface area contributed by atoms with E-state index in [1.54, 1.807) is 22.0 Å². The molecule has 0 radical (unpaired) electrons. The number of hydrogen-bond acceptors (Lipinski definition) is 4. The van der Waals surface area contributed by atoms with Crippen molar-refractivity contribution >= 4 is 46.5 Å². The first kappa shape index (κ1) is 33.0. The monoisotopic (exact) mass is 670 g/mol. The summed E-state index contributed by atoms with van der Waals surface area (Å²) in [5.41, 5.74) is 1.50. The molecule has 0 aliphatic carbocycles. The van der Waals surface area contributed by atoms with Gasteiger partial charge in [0.25, 0.3) is 11.8 Å². The van der Waals surface area contributed by atoms with Crippen molar-refractivity contribution in [3.63, 3.8) is 0 Å². The van der Waals surface area contributed by atoms with Gasteiger partial charge in [-0.1, -0.05) is 133 Å². The Labute approximate surface area is 293 Å². The van der Waals surface area contributed by atoms with E-state index in [1.165, 1.54) is 0 Å². The SMILES string of the molecule is C=CCN1C(=O)C(Cc2ccccc2)(c2ccccc2)N(CCN2C(=O)[C@](Cc3ccccc3)(c3ccccc3)N(CC=C)C2=S)C1=S. The van der Waals surface area contributed by atoms with E-state index in [4.69, 9.17) is 24.4 Å². The van der Waals surface area contributed by atoms with Gasteiger partial charge in [-0.05, 0) is 46.7 Å². The van der Waals surface area contributed by atoms with Crippen LogP contribution in [0.1, 0.15) is 22.3 Å². The standard InChI is InChI=1S/C40H38N4O2S2/c1-3-25-41-35(45)40(34-23-15-8-16-24-34,30-32-19-11-6-12-20-32)44(37(41)47)28-27-42-36(46)39(33-21-13-7-14-22-33,43(26-4-2)38(42)48)29-31-17-9-5-10-18-31/h3-24H,1-2,25-30H2/t39-,40?/m0/s1. The molecule has 0 spiro atoms. The van der Waals surface area contributed by atoms with Crippen molar-refractivity contribution in [3.8, 4) is 0 Å². The van der Waals surface area contributed by atoms with Crippen LogP contribution in [-0.2, 0) is 33.5 Å². The van der Waals surface area contributed by atoms with Gasteiger partial charge < -0.3 is 9.80 Å². The van der Waals surface area contributed by atoms with Crippen LogP contribution in [0.2, 0.25) is 0 Å². The van der Waals surface area contributed by atoms with Crippen LogP contribution in [0.4, 0.5) is 0 Å². The minimum absolute atomic E-state index is 0.114. The van der Waals surface area contributed by atoms with E-state index in [0.717, 1.165) is 22.3 Å². The Hall–Kier alpha value is -4.92. The number of hydrogen-bond donors (Lipinski definition) is 0. The molecular weight excluding hydrogens is 633 g/mol. The lowest BCUT2D eigenvalue weighted by atomic mass is 9.82. The molecule has 4 aromatic carbocycles. The lowest BCUT2D eigenvalue weighted by molar-refractivity contribution is -0.134. The summed E-state index contributed by atoms with van der Waals surface area (Å²) < 4.78 is 0. The van der Waals surface area contributed by atoms with Crippen LogP contribution >= 0.6 is 24.4 Å². The predicted octanol–water partition coefficient (Wildman–Crippen LogP) is 6.49. The molecule has 242 valence electrons. The number of carbonyl (C=O) groups is 2. The molecule has 0 N–H and O–H groups in total. The van der Waals surface area contributed by atoms with Gasteiger partial charge in [-0.2, -0.15) is 0 Å². The highest BCUT2D eigenvalue weighted by Gasteiger charge is 2.58. The quantitative estimate of drug-likeness (QED) is 0.120. The molecule has 0 aromatic heterocycles. The van der Waals surface area contributed by atoms with Gasteiger partial charge in [0, 0.05) is 39.0 Å². The van der Waals surface area contributed by atoms with Gasteiger partial charge in [0.1, 0.15) is 0 Å². The minimum atomic E-state index is -1.13. The van der Waals surface area contributed by atoms with E-state index in [-0.39, 0.29) is 31.4 Å². The molecule has 0 saturated carbocycles. The Balaban J connectivity index is 1.42. The average Bonchev–Trinajstić information content (AvgIpc) is 3.44. The summed E-state index contributed by atoms with van der Waals surface area (Å²) in [5.74, 6) is -0.231. The van der Waals surface area contributed by atoms with Gasteiger partial charge in [-0.3, -0.25) is 19.4 Å². The molecule has 8 heteroatoms. The molecule has 6 nitrogen and oxygen atoms in total. The third-order valence-corrected chi connectivity index (χ3v) is 10.2. The normalized spacial score (nSPS) is 20.9. The topological polar surface area (TPSA) is 47.1 Å². The maximum Gasteiger partial charge on any atom is 0.260 e. The highest BCUT2D eigenvalue weighted by Crippen LogP contribution is 2.43. The Bertz CT molecular complexity index is 1820. The van der Waals surface area contributed by atoms with E-state index in [2.05, 4.69) is 13.2 Å². The van der Waals surface area contributed by atoms with Crippen LogP contribution in [0, 0.1) is 0 Å². The zero-order valence-electron chi connectivity index (χ0n) is 26.8. The van der Waals surface area contributed by atoms with Crippen LogP contribution < -0.4 is 0 Å². The van der Waals surface area contributed by atoms with Crippen LogP contribution in [0.3, 0.4) is 0 Å². The van der Waals surface area contributed by atoms with Gasteiger partial charge in [0.2, 0.25) is 0 Å².